The molecule has 1 saturated heterocycles. The summed E-state index contributed by atoms with van der Waals surface area (Å²) in [6, 6.07) is 1.47. The first kappa shape index (κ1) is 14.3. The Labute approximate surface area is 114 Å². The van der Waals surface area contributed by atoms with Crippen molar-refractivity contribution >= 4 is 0 Å². The summed E-state index contributed by atoms with van der Waals surface area (Å²) in [4.78, 5) is 2.79. The van der Waals surface area contributed by atoms with Crippen LogP contribution in [0, 0.1) is 17.8 Å². The van der Waals surface area contributed by atoms with E-state index < -0.39 is 0 Å². The van der Waals surface area contributed by atoms with Crippen molar-refractivity contribution in [2.45, 2.75) is 65.5 Å². The summed E-state index contributed by atoms with van der Waals surface area (Å²) in [5.74, 6) is 2.64. The van der Waals surface area contributed by atoms with Crippen molar-refractivity contribution in [1.82, 2.24) is 10.2 Å². The van der Waals surface area contributed by atoms with Gasteiger partial charge in [0.15, 0.2) is 0 Å². The van der Waals surface area contributed by atoms with Gasteiger partial charge in [0.1, 0.15) is 0 Å². The number of hydrogen-bond donors (Lipinski definition) is 1. The molecule has 2 heteroatoms. The topological polar surface area (TPSA) is 15.3 Å². The molecule has 1 N–H and O–H groups in total. The number of nitrogens with zero attached hydrogens (tertiary/aromatic N) is 1. The summed E-state index contributed by atoms with van der Waals surface area (Å²) < 4.78 is 0. The minimum absolute atomic E-state index is 0.712. The summed E-state index contributed by atoms with van der Waals surface area (Å²) >= 11 is 0. The van der Waals surface area contributed by atoms with Crippen molar-refractivity contribution in [3.05, 3.63) is 0 Å². The van der Waals surface area contributed by atoms with E-state index in [1.807, 2.05) is 0 Å². The number of rotatable bonds is 6. The van der Waals surface area contributed by atoms with Crippen LogP contribution in [-0.4, -0.2) is 36.6 Å². The fourth-order valence-corrected chi connectivity index (χ4v) is 3.19. The Hall–Kier alpha value is -0.0800. The highest BCUT2D eigenvalue weighted by Crippen LogP contribution is 2.33. The fraction of sp³-hybridized carbons (Fsp3) is 1.00. The minimum atomic E-state index is 0.712. The second-order valence-electron chi connectivity index (χ2n) is 6.94. The summed E-state index contributed by atoms with van der Waals surface area (Å²) in [7, 11) is 0. The van der Waals surface area contributed by atoms with Gasteiger partial charge in [-0.3, -0.25) is 4.90 Å². The number of nitrogens with one attached hydrogen (secondary N) is 1. The standard InChI is InChI=1S/C16H32N2/c1-5-13(4)15-11-18(9-8-14-6-7-14)16(10-17-15)12(2)3/h12-17H,5-11H2,1-4H3. The molecule has 0 aromatic carbocycles. The summed E-state index contributed by atoms with van der Waals surface area (Å²) in [5, 5.41) is 3.79. The van der Waals surface area contributed by atoms with Crippen LogP contribution >= 0.6 is 0 Å². The SMILES string of the molecule is CCC(C)C1CN(CCC2CC2)C(C(C)C)CN1. The molecule has 1 aliphatic heterocycles. The van der Waals surface area contributed by atoms with Gasteiger partial charge in [-0.15, -0.1) is 0 Å². The maximum Gasteiger partial charge on any atom is 0.0244 e. The van der Waals surface area contributed by atoms with Gasteiger partial charge in [-0.05, 0) is 30.7 Å². The normalized spacial score (nSPS) is 31.8. The predicted octanol–water partition coefficient (Wildman–Crippen LogP) is 3.13. The molecule has 0 radical (unpaired) electrons. The van der Waals surface area contributed by atoms with E-state index in [-0.39, 0.29) is 0 Å². The van der Waals surface area contributed by atoms with Gasteiger partial charge >= 0.3 is 0 Å². The minimum Gasteiger partial charge on any atom is -0.311 e. The van der Waals surface area contributed by atoms with Crippen molar-refractivity contribution < 1.29 is 0 Å². The Morgan fingerprint density at radius 3 is 2.50 bits per heavy atom. The highest BCUT2D eigenvalue weighted by molar-refractivity contribution is 4.90. The van der Waals surface area contributed by atoms with Crippen LogP contribution in [0.4, 0.5) is 0 Å². The Balaban J connectivity index is 1.88. The van der Waals surface area contributed by atoms with Crippen LogP contribution in [0.15, 0.2) is 0 Å². The van der Waals surface area contributed by atoms with E-state index in [0.29, 0.717) is 6.04 Å². The Kier molecular flexibility index (Phi) is 5.08. The Morgan fingerprint density at radius 1 is 1.22 bits per heavy atom. The second-order valence-corrected chi connectivity index (χ2v) is 6.94. The lowest BCUT2D eigenvalue weighted by molar-refractivity contribution is 0.0795. The monoisotopic (exact) mass is 252 g/mol. The fourth-order valence-electron chi connectivity index (χ4n) is 3.19. The Bertz CT molecular complexity index is 247. The third kappa shape index (κ3) is 3.71. The van der Waals surface area contributed by atoms with Gasteiger partial charge in [-0.25, -0.2) is 0 Å². The van der Waals surface area contributed by atoms with E-state index >= 15 is 0 Å². The zero-order valence-electron chi connectivity index (χ0n) is 12.8. The van der Waals surface area contributed by atoms with E-state index in [0.717, 1.165) is 23.8 Å². The predicted molar refractivity (Wildman–Crippen MR) is 78.8 cm³/mol. The van der Waals surface area contributed by atoms with E-state index in [4.69, 9.17) is 0 Å². The largest absolute Gasteiger partial charge is 0.311 e. The highest BCUT2D eigenvalue weighted by atomic mass is 15.2. The number of piperazine rings is 1. The maximum absolute atomic E-state index is 3.79. The van der Waals surface area contributed by atoms with Gasteiger partial charge in [0.2, 0.25) is 0 Å². The van der Waals surface area contributed by atoms with Crippen LogP contribution < -0.4 is 5.32 Å². The molecule has 18 heavy (non-hydrogen) atoms. The average Bonchev–Trinajstić information content (AvgIpc) is 3.18. The van der Waals surface area contributed by atoms with Crippen LogP contribution in [0.2, 0.25) is 0 Å². The molecule has 1 saturated carbocycles. The molecule has 2 fully saturated rings. The molecule has 0 bridgehead atoms. The molecule has 0 aromatic rings. The second kappa shape index (κ2) is 6.38. The van der Waals surface area contributed by atoms with Crippen LogP contribution in [0.3, 0.4) is 0 Å². The van der Waals surface area contributed by atoms with Gasteiger partial charge in [0.25, 0.3) is 0 Å². The van der Waals surface area contributed by atoms with Crippen molar-refractivity contribution in [1.29, 1.82) is 0 Å². The van der Waals surface area contributed by atoms with E-state index in [1.165, 1.54) is 45.3 Å². The third-order valence-electron chi connectivity index (χ3n) is 5.11. The van der Waals surface area contributed by atoms with Gasteiger partial charge in [-0.1, -0.05) is 47.0 Å². The van der Waals surface area contributed by atoms with E-state index in [1.54, 1.807) is 0 Å². The molecule has 1 aliphatic carbocycles. The molecule has 2 rings (SSSR count). The first-order valence-electron chi connectivity index (χ1n) is 8.09. The maximum atomic E-state index is 3.79. The van der Waals surface area contributed by atoms with Crippen LogP contribution in [-0.2, 0) is 0 Å². The van der Waals surface area contributed by atoms with E-state index in [9.17, 15) is 0 Å². The molecule has 0 amide bonds. The van der Waals surface area contributed by atoms with Crippen molar-refractivity contribution in [3.8, 4) is 0 Å². The lowest BCUT2D eigenvalue weighted by Crippen LogP contribution is -2.60. The molecule has 2 nitrogen and oxygen atoms in total. The van der Waals surface area contributed by atoms with Crippen LogP contribution in [0.1, 0.15) is 53.4 Å². The Morgan fingerprint density at radius 2 is 1.94 bits per heavy atom. The summed E-state index contributed by atoms with van der Waals surface area (Å²) in [6.07, 6.45) is 5.72. The molecule has 106 valence electrons. The zero-order chi connectivity index (χ0) is 13.1. The zero-order valence-corrected chi connectivity index (χ0v) is 12.8. The molecule has 2 aliphatic rings. The first-order valence-corrected chi connectivity index (χ1v) is 8.09. The highest BCUT2D eigenvalue weighted by Gasteiger charge is 2.32. The summed E-state index contributed by atoms with van der Waals surface area (Å²) in [6.45, 7) is 13.3. The average molecular weight is 252 g/mol. The van der Waals surface area contributed by atoms with Crippen molar-refractivity contribution in [2.75, 3.05) is 19.6 Å². The molecule has 1 heterocycles. The van der Waals surface area contributed by atoms with Crippen molar-refractivity contribution in [2.24, 2.45) is 17.8 Å². The van der Waals surface area contributed by atoms with Gasteiger partial charge < -0.3 is 5.32 Å². The van der Waals surface area contributed by atoms with Gasteiger partial charge in [-0.2, -0.15) is 0 Å². The lowest BCUT2D eigenvalue weighted by atomic mass is 9.92. The van der Waals surface area contributed by atoms with E-state index in [2.05, 4.69) is 37.9 Å². The van der Waals surface area contributed by atoms with Gasteiger partial charge in [0.05, 0.1) is 0 Å². The molecule has 0 spiro atoms. The molecule has 3 unspecified atom stereocenters. The third-order valence-corrected chi connectivity index (χ3v) is 5.11. The quantitative estimate of drug-likeness (QED) is 0.781. The van der Waals surface area contributed by atoms with Crippen molar-refractivity contribution in [3.63, 3.8) is 0 Å². The molecule has 3 atom stereocenters. The van der Waals surface area contributed by atoms with Crippen LogP contribution in [0.25, 0.3) is 0 Å². The van der Waals surface area contributed by atoms with Crippen LogP contribution in [0.5, 0.6) is 0 Å². The molecule has 0 aromatic heterocycles. The summed E-state index contributed by atoms with van der Waals surface area (Å²) in [5.41, 5.74) is 0. The number of hydrogen-bond acceptors (Lipinski definition) is 2. The molecular formula is C16H32N2. The first-order chi connectivity index (χ1) is 8.61. The lowest BCUT2D eigenvalue weighted by Gasteiger charge is -2.44. The molecular weight excluding hydrogens is 220 g/mol. The smallest absolute Gasteiger partial charge is 0.0244 e. The van der Waals surface area contributed by atoms with Gasteiger partial charge in [0, 0.05) is 25.2 Å².